The van der Waals surface area contributed by atoms with Gasteiger partial charge < -0.3 is 10.6 Å². The van der Waals surface area contributed by atoms with Crippen molar-refractivity contribution in [3.05, 3.63) is 162 Å². The van der Waals surface area contributed by atoms with Gasteiger partial charge in [-0.3, -0.25) is 9.59 Å². The largest absolute Gasteiger partial charge is 0.321 e. The standard InChI is InChI=1S/C35H28N2O2S/c38-34(30-15-8-3-9-16-30)37-33(23-26-19-21-29(22-20-26)28-13-6-2-7-14-28)35(39)36-31-17-10-18-32(24-31)40-25-27-11-4-1-5-12-27/h1-24H,25H2,(H,36,39)(H,37,38)/b33-23+. The van der Waals surface area contributed by atoms with Gasteiger partial charge >= 0.3 is 0 Å². The van der Waals surface area contributed by atoms with Crippen LogP contribution in [0.1, 0.15) is 21.5 Å². The second kappa shape index (κ2) is 13.3. The summed E-state index contributed by atoms with van der Waals surface area (Å²) in [6, 6.07) is 44.8. The predicted molar refractivity (Wildman–Crippen MR) is 165 cm³/mol. The summed E-state index contributed by atoms with van der Waals surface area (Å²) in [5.74, 6) is 0.0758. The van der Waals surface area contributed by atoms with Crippen molar-refractivity contribution < 1.29 is 9.59 Å². The lowest BCUT2D eigenvalue weighted by molar-refractivity contribution is -0.113. The first-order valence-electron chi connectivity index (χ1n) is 13.0. The third-order valence-corrected chi connectivity index (χ3v) is 7.26. The van der Waals surface area contributed by atoms with Gasteiger partial charge in [0.05, 0.1) is 0 Å². The quantitative estimate of drug-likeness (QED) is 0.147. The molecule has 0 aliphatic rings. The number of rotatable bonds is 9. The summed E-state index contributed by atoms with van der Waals surface area (Å²) in [5, 5.41) is 5.77. The van der Waals surface area contributed by atoms with Crippen LogP contribution >= 0.6 is 11.8 Å². The molecule has 5 aromatic rings. The number of hydrogen-bond acceptors (Lipinski definition) is 3. The molecule has 0 heterocycles. The highest BCUT2D eigenvalue weighted by Crippen LogP contribution is 2.26. The van der Waals surface area contributed by atoms with E-state index in [0.717, 1.165) is 27.3 Å². The highest BCUT2D eigenvalue weighted by molar-refractivity contribution is 7.98. The number of anilines is 1. The Bertz CT molecular complexity index is 1600. The van der Waals surface area contributed by atoms with Gasteiger partial charge in [-0.05, 0) is 58.7 Å². The van der Waals surface area contributed by atoms with E-state index in [2.05, 4.69) is 34.9 Å². The molecule has 2 N–H and O–H groups in total. The van der Waals surface area contributed by atoms with Gasteiger partial charge in [-0.2, -0.15) is 0 Å². The van der Waals surface area contributed by atoms with Crippen LogP contribution in [0.3, 0.4) is 0 Å². The first-order valence-corrected chi connectivity index (χ1v) is 13.9. The lowest BCUT2D eigenvalue weighted by Gasteiger charge is -2.12. The van der Waals surface area contributed by atoms with Gasteiger partial charge in [0.15, 0.2) is 0 Å². The predicted octanol–water partition coefficient (Wildman–Crippen LogP) is 8.06. The second-order valence-electron chi connectivity index (χ2n) is 9.12. The molecular weight excluding hydrogens is 512 g/mol. The molecule has 4 nitrogen and oxygen atoms in total. The first kappa shape index (κ1) is 26.7. The van der Waals surface area contributed by atoms with E-state index >= 15 is 0 Å². The van der Waals surface area contributed by atoms with Gasteiger partial charge in [-0.1, -0.05) is 109 Å². The number of carbonyl (C=O) groups excluding carboxylic acids is 2. The monoisotopic (exact) mass is 540 g/mol. The number of benzene rings is 5. The molecule has 0 saturated carbocycles. The molecule has 0 radical (unpaired) electrons. The zero-order valence-corrected chi connectivity index (χ0v) is 22.6. The molecule has 0 spiro atoms. The topological polar surface area (TPSA) is 58.2 Å². The van der Waals surface area contributed by atoms with E-state index in [0.29, 0.717) is 11.3 Å². The summed E-state index contributed by atoms with van der Waals surface area (Å²) in [6.45, 7) is 0. The average Bonchev–Trinajstić information content (AvgIpc) is 3.01. The Hall–Kier alpha value is -4.87. The zero-order chi connectivity index (χ0) is 27.6. The summed E-state index contributed by atoms with van der Waals surface area (Å²) in [5.41, 5.74) is 5.49. The zero-order valence-electron chi connectivity index (χ0n) is 21.8. The smallest absolute Gasteiger partial charge is 0.272 e. The molecule has 40 heavy (non-hydrogen) atoms. The van der Waals surface area contributed by atoms with Gasteiger partial charge in [0.25, 0.3) is 11.8 Å². The summed E-state index contributed by atoms with van der Waals surface area (Å²) in [7, 11) is 0. The molecule has 0 saturated heterocycles. The van der Waals surface area contributed by atoms with Gasteiger partial charge in [-0.25, -0.2) is 0 Å². The molecule has 0 fully saturated rings. The molecule has 0 aliphatic heterocycles. The van der Waals surface area contributed by atoms with Crippen LogP contribution < -0.4 is 10.6 Å². The maximum absolute atomic E-state index is 13.5. The van der Waals surface area contributed by atoms with Crippen LogP contribution in [-0.4, -0.2) is 11.8 Å². The maximum atomic E-state index is 13.5. The van der Waals surface area contributed by atoms with Crippen LogP contribution in [0, 0.1) is 0 Å². The van der Waals surface area contributed by atoms with Crippen LogP contribution in [0.2, 0.25) is 0 Å². The summed E-state index contributed by atoms with van der Waals surface area (Å²) < 4.78 is 0. The van der Waals surface area contributed by atoms with Gasteiger partial charge in [0, 0.05) is 21.9 Å². The fraction of sp³-hybridized carbons (Fsp3) is 0.0286. The Morgan fingerprint density at radius 2 is 1.27 bits per heavy atom. The van der Waals surface area contributed by atoms with Crippen molar-refractivity contribution in [3.8, 4) is 11.1 Å². The van der Waals surface area contributed by atoms with Crippen molar-refractivity contribution in [1.29, 1.82) is 0 Å². The van der Waals surface area contributed by atoms with E-state index in [1.807, 2.05) is 91.0 Å². The second-order valence-corrected chi connectivity index (χ2v) is 10.2. The molecule has 5 aromatic carbocycles. The summed E-state index contributed by atoms with van der Waals surface area (Å²) in [4.78, 5) is 27.5. The molecule has 196 valence electrons. The minimum atomic E-state index is -0.401. The Labute approximate surface area is 238 Å². The molecular formula is C35H28N2O2S. The SMILES string of the molecule is O=C(Nc1cccc(SCc2ccccc2)c1)/C(=C\c1ccc(-c2ccccc2)cc1)NC(=O)c1ccccc1. The van der Waals surface area contributed by atoms with Crippen molar-refractivity contribution in [1.82, 2.24) is 5.32 Å². The molecule has 0 aromatic heterocycles. The highest BCUT2D eigenvalue weighted by atomic mass is 32.2. The molecule has 0 atom stereocenters. The number of amides is 2. The number of thioether (sulfide) groups is 1. The fourth-order valence-electron chi connectivity index (χ4n) is 4.11. The van der Waals surface area contributed by atoms with Gasteiger partial charge in [-0.15, -0.1) is 11.8 Å². The summed E-state index contributed by atoms with van der Waals surface area (Å²) >= 11 is 1.70. The van der Waals surface area contributed by atoms with Crippen LogP contribution in [0.4, 0.5) is 5.69 Å². The lowest BCUT2D eigenvalue weighted by atomic mass is 10.0. The molecule has 0 unspecified atom stereocenters. The van der Waals surface area contributed by atoms with E-state index in [4.69, 9.17) is 0 Å². The van der Waals surface area contributed by atoms with E-state index in [1.54, 1.807) is 42.1 Å². The Morgan fingerprint density at radius 3 is 1.98 bits per heavy atom. The van der Waals surface area contributed by atoms with Crippen molar-refractivity contribution in [2.75, 3.05) is 5.32 Å². The minimum Gasteiger partial charge on any atom is -0.321 e. The lowest BCUT2D eigenvalue weighted by Crippen LogP contribution is -2.30. The molecule has 5 heteroatoms. The van der Waals surface area contributed by atoms with E-state index in [9.17, 15) is 9.59 Å². The number of hydrogen-bond donors (Lipinski definition) is 2. The van der Waals surface area contributed by atoms with Crippen LogP contribution in [0.25, 0.3) is 17.2 Å². The van der Waals surface area contributed by atoms with Crippen LogP contribution in [-0.2, 0) is 10.5 Å². The molecule has 2 amide bonds. The van der Waals surface area contributed by atoms with Crippen molar-refractivity contribution in [2.24, 2.45) is 0 Å². The van der Waals surface area contributed by atoms with Crippen LogP contribution in [0.15, 0.2) is 150 Å². The Balaban J connectivity index is 1.35. The molecule has 0 bridgehead atoms. The first-order chi connectivity index (χ1) is 19.6. The number of nitrogens with one attached hydrogen (secondary N) is 2. The fourth-order valence-corrected chi connectivity index (χ4v) is 5.03. The van der Waals surface area contributed by atoms with E-state index < -0.39 is 5.91 Å². The highest BCUT2D eigenvalue weighted by Gasteiger charge is 2.15. The third-order valence-electron chi connectivity index (χ3n) is 6.20. The van der Waals surface area contributed by atoms with E-state index in [1.165, 1.54) is 5.56 Å². The van der Waals surface area contributed by atoms with Gasteiger partial charge in [0.1, 0.15) is 5.70 Å². The Morgan fingerprint density at radius 1 is 0.650 bits per heavy atom. The summed E-state index contributed by atoms with van der Waals surface area (Å²) in [6.07, 6.45) is 1.69. The third kappa shape index (κ3) is 7.37. The van der Waals surface area contributed by atoms with Gasteiger partial charge in [0.2, 0.25) is 0 Å². The minimum absolute atomic E-state index is 0.156. The Kier molecular flexibility index (Phi) is 8.87. The maximum Gasteiger partial charge on any atom is 0.272 e. The average molecular weight is 541 g/mol. The normalized spacial score (nSPS) is 11.1. The van der Waals surface area contributed by atoms with Crippen molar-refractivity contribution >= 4 is 35.3 Å². The molecule has 5 rings (SSSR count). The van der Waals surface area contributed by atoms with Crippen molar-refractivity contribution in [2.45, 2.75) is 10.6 Å². The number of carbonyl (C=O) groups is 2. The van der Waals surface area contributed by atoms with Crippen molar-refractivity contribution in [3.63, 3.8) is 0 Å². The van der Waals surface area contributed by atoms with E-state index in [-0.39, 0.29) is 11.6 Å². The molecule has 0 aliphatic carbocycles. The van der Waals surface area contributed by atoms with Crippen LogP contribution in [0.5, 0.6) is 0 Å².